The maximum absolute atomic E-state index is 13.0. The predicted octanol–water partition coefficient (Wildman–Crippen LogP) is 3.90. The minimum absolute atomic E-state index is 0.0516. The number of carbonyl (C=O) groups is 2. The first-order valence-corrected chi connectivity index (χ1v) is 13.8. The molecule has 0 aromatic heterocycles. The molecule has 4 N–H and O–H groups in total. The molecule has 3 unspecified atom stereocenters. The first-order valence-electron chi connectivity index (χ1n) is 12.1. The Morgan fingerprint density at radius 1 is 1.22 bits per heavy atom. The Balaban J connectivity index is 1.30. The summed E-state index contributed by atoms with van der Waals surface area (Å²) < 4.78 is 16.7. The molecule has 1 aromatic rings. The summed E-state index contributed by atoms with van der Waals surface area (Å²) in [5.41, 5.74) is 6.22. The standard InChI is InChI=1S/C24H36N4O3S/c1-24(10-5-11-28(24)2)14-16-12-21(29)26-32(31,15-16)27-23(30)25-22-19-8-3-6-17(19)13-18-7-4-9-20(18)22/h13,16,31H,3-12,14-15H2,1-2H3,(H,26,29)(H2,25,27,30). The van der Waals surface area contributed by atoms with Gasteiger partial charge < -0.3 is 14.8 Å². The Kier molecular flexibility index (Phi) is 5.66. The third-order valence-electron chi connectivity index (χ3n) is 8.07. The minimum Gasteiger partial charge on any atom is -0.317 e. The normalized spacial score (nSPS) is 33.8. The summed E-state index contributed by atoms with van der Waals surface area (Å²) in [6, 6.07) is 1.92. The van der Waals surface area contributed by atoms with Crippen molar-refractivity contribution in [3.8, 4) is 0 Å². The van der Waals surface area contributed by atoms with Gasteiger partial charge in [-0.25, -0.2) is 4.79 Å². The van der Waals surface area contributed by atoms with Gasteiger partial charge in [0.2, 0.25) is 5.91 Å². The number of amides is 3. The molecular weight excluding hydrogens is 424 g/mol. The van der Waals surface area contributed by atoms with E-state index in [0.29, 0.717) is 12.2 Å². The molecule has 176 valence electrons. The van der Waals surface area contributed by atoms with Crippen LogP contribution in [0.25, 0.3) is 0 Å². The number of hydrogen-bond acceptors (Lipinski definition) is 4. The molecule has 0 saturated carbocycles. The monoisotopic (exact) mass is 460 g/mol. The van der Waals surface area contributed by atoms with Gasteiger partial charge in [-0.3, -0.25) is 14.2 Å². The number of aryl methyl sites for hydroxylation is 2. The summed E-state index contributed by atoms with van der Waals surface area (Å²) in [4.78, 5) is 27.9. The molecule has 4 aliphatic rings. The number of anilines is 1. The van der Waals surface area contributed by atoms with Gasteiger partial charge in [0, 0.05) is 34.1 Å². The van der Waals surface area contributed by atoms with Crippen LogP contribution in [0, 0.1) is 5.92 Å². The Bertz CT molecular complexity index is 921. The second kappa shape index (κ2) is 8.22. The predicted molar refractivity (Wildman–Crippen MR) is 129 cm³/mol. The van der Waals surface area contributed by atoms with Gasteiger partial charge >= 0.3 is 6.03 Å². The highest BCUT2D eigenvalue weighted by atomic mass is 32.3. The minimum atomic E-state index is -2.75. The summed E-state index contributed by atoms with van der Waals surface area (Å²) >= 11 is 0. The van der Waals surface area contributed by atoms with Gasteiger partial charge in [0.25, 0.3) is 0 Å². The van der Waals surface area contributed by atoms with E-state index in [2.05, 4.69) is 39.7 Å². The molecule has 0 radical (unpaired) electrons. The smallest absolute Gasteiger partial charge is 0.317 e. The largest absolute Gasteiger partial charge is 0.330 e. The van der Waals surface area contributed by atoms with Crippen molar-refractivity contribution in [1.82, 2.24) is 14.3 Å². The molecule has 2 saturated heterocycles. The molecular formula is C24H36N4O3S. The highest BCUT2D eigenvalue weighted by molar-refractivity contribution is 8.26. The molecule has 5 rings (SSSR count). The average molecular weight is 461 g/mol. The van der Waals surface area contributed by atoms with E-state index >= 15 is 0 Å². The zero-order valence-corrected chi connectivity index (χ0v) is 20.1. The molecule has 2 aliphatic heterocycles. The van der Waals surface area contributed by atoms with E-state index in [-0.39, 0.29) is 17.4 Å². The van der Waals surface area contributed by atoms with E-state index in [1.54, 1.807) is 0 Å². The summed E-state index contributed by atoms with van der Waals surface area (Å²) in [6.07, 6.45) is 9.88. The lowest BCUT2D eigenvalue weighted by atomic mass is 9.86. The first-order chi connectivity index (χ1) is 15.2. The number of urea groups is 1. The van der Waals surface area contributed by atoms with E-state index in [4.69, 9.17) is 0 Å². The molecule has 2 fully saturated rings. The van der Waals surface area contributed by atoms with Crippen LogP contribution in [0.15, 0.2) is 6.07 Å². The summed E-state index contributed by atoms with van der Waals surface area (Å²) in [7, 11) is -0.616. The van der Waals surface area contributed by atoms with E-state index < -0.39 is 16.7 Å². The van der Waals surface area contributed by atoms with Crippen LogP contribution < -0.4 is 14.8 Å². The Morgan fingerprint density at radius 3 is 2.53 bits per heavy atom. The van der Waals surface area contributed by atoms with Gasteiger partial charge in [-0.05, 0) is 106 Å². The van der Waals surface area contributed by atoms with Crippen molar-refractivity contribution in [1.29, 1.82) is 0 Å². The molecule has 0 spiro atoms. The van der Waals surface area contributed by atoms with Crippen molar-refractivity contribution >= 4 is 28.3 Å². The second-order valence-corrected chi connectivity index (χ2v) is 12.6. The van der Waals surface area contributed by atoms with Crippen LogP contribution in [0.5, 0.6) is 0 Å². The lowest BCUT2D eigenvalue weighted by molar-refractivity contribution is -0.120. The lowest BCUT2D eigenvalue weighted by Crippen LogP contribution is -2.50. The van der Waals surface area contributed by atoms with Crippen molar-refractivity contribution in [2.45, 2.75) is 76.7 Å². The maximum atomic E-state index is 13.0. The molecule has 3 amide bonds. The number of benzene rings is 1. The number of nitrogens with zero attached hydrogens (tertiary/aromatic N) is 1. The fourth-order valence-corrected chi connectivity index (χ4v) is 8.38. The fraction of sp³-hybridized carbons (Fsp3) is 0.667. The highest BCUT2D eigenvalue weighted by Crippen LogP contribution is 2.45. The molecule has 1 aromatic carbocycles. The molecule has 32 heavy (non-hydrogen) atoms. The van der Waals surface area contributed by atoms with E-state index in [1.807, 2.05) is 0 Å². The first kappa shape index (κ1) is 22.0. The molecule has 8 heteroatoms. The molecule has 3 atom stereocenters. The molecule has 2 heterocycles. The number of hydrogen-bond donors (Lipinski definition) is 4. The molecule has 2 aliphatic carbocycles. The van der Waals surface area contributed by atoms with E-state index in [0.717, 1.165) is 70.0 Å². The Morgan fingerprint density at radius 2 is 1.91 bits per heavy atom. The number of fused-ring (bicyclic) bond motifs is 2. The number of nitrogens with one attached hydrogen (secondary N) is 3. The number of likely N-dealkylation sites (tertiary alicyclic amines) is 1. The zero-order valence-electron chi connectivity index (χ0n) is 19.3. The number of rotatable bonds is 4. The third kappa shape index (κ3) is 4.13. The summed E-state index contributed by atoms with van der Waals surface area (Å²) in [5, 5.41) is 3.08. The van der Waals surface area contributed by atoms with Gasteiger partial charge in [0.15, 0.2) is 0 Å². The van der Waals surface area contributed by atoms with Gasteiger partial charge in [0.05, 0.1) is 0 Å². The van der Waals surface area contributed by atoms with Gasteiger partial charge in [-0.2, -0.15) is 0 Å². The lowest BCUT2D eigenvalue weighted by Gasteiger charge is -2.44. The Hall–Kier alpha value is -1.77. The summed E-state index contributed by atoms with van der Waals surface area (Å²) in [6.45, 7) is 3.32. The van der Waals surface area contributed by atoms with Crippen molar-refractivity contribution in [2.24, 2.45) is 5.92 Å². The van der Waals surface area contributed by atoms with Gasteiger partial charge in [-0.15, -0.1) is 0 Å². The fourth-order valence-electron chi connectivity index (χ4n) is 6.43. The quantitative estimate of drug-likeness (QED) is 0.548. The van der Waals surface area contributed by atoms with Crippen LogP contribution in [0.3, 0.4) is 0 Å². The van der Waals surface area contributed by atoms with Crippen molar-refractivity contribution in [3.05, 3.63) is 28.3 Å². The van der Waals surface area contributed by atoms with Crippen LogP contribution in [0.1, 0.15) is 67.7 Å². The van der Waals surface area contributed by atoms with Crippen LogP contribution in [-0.4, -0.2) is 46.3 Å². The van der Waals surface area contributed by atoms with Crippen LogP contribution in [-0.2, 0) is 30.5 Å². The zero-order chi connectivity index (χ0) is 22.5. The topological polar surface area (TPSA) is 93.7 Å². The van der Waals surface area contributed by atoms with E-state index in [1.165, 1.54) is 22.3 Å². The SMILES string of the molecule is CN1CCCC1(C)CC1CC(=O)NS(O)(NC(=O)Nc2c3c(cc4c2CCC4)CCC3)C1. The average Bonchev–Trinajstić information content (AvgIpc) is 3.41. The van der Waals surface area contributed by atoms with Gasteiger partial charge in [0.1, 0.15) is 0 Å². The third-order valence-corrected chi connectivity index (χ3v) is 10.1. The number of carbonyl (C=O) groups excluding carboxylic acids is 2. The second-order valence-electron chi connectivity index (χ2n) is 10.5. The highest BCUT2D eigenvalue weighted by Gasteiger charge is 2.42. The van der Waals surface area contributed by atoms with Crippen molar-refractivity contribution < 1.29 is 14.1 Å². The van der Waals surface area contributed by atoms with Crippen molar-refractivity contribution in [2.75, 3.05) is 24.7 Å². The van der Waals surface area contributed by atoms with Crippen LogP contribution in [0.2, 0.25) is 0 Å². The molecule has 0 bridgehead atoms. The van der Waals surface area contributed by atoms with Crippen LogP contribution >= 0.6 is 10.7 Å². The molecule has 7 nitrogen and oxygen atoms in total. The summed E-state index contributed by atoms with van der Waals surface area (Å²) in [5.74, 6) is 0.283. The Labute approximate surface area is 192 Å². The maximum Gasteiger partial charge on any atom is 0.330 e. The van der Waals surface area contributed by atoms with E-state index in [9.17, 15) is 14.1 Å². The van der Waals surface area contributed by atoms with Gasteiger partial charge in [-0.1, -0.05) is 6.07 Å². The van der Waals surface area contributed by atoms with Crippen molar-refractivity contribution in [3.63, 3.8) is 0 Å². The van der Waals surface area contributed by atoms with Crippen LogP contribution in [0.4, 0.5) is 10.5 Å².